The number of nitrogens with one attached hydrogen (secondary N) is 1. The minimum Gasteiger partial charge on any atom is -0.307 e. The van der Waals surface area contributed by atoms with Gasteiger partial charge in [-0.15, -0.1) is 0 Å². The van der Waals surface area contributed by atoms with Gasteiger partial charge in [0.1, 0.15) is 0 Å². The molecule has 3 nitrogen and oxygen atoms in total. The molecule has 0 bridgehead atoms. The molecule has 1 N–H and O–H groups in total. The van der Waals surface area contributed by atoms with E-state index in [2.05, 4.69) is 24.4 Å². The van der Waals surface area contributed by atoms with Gasteiger partial charge in [-0.05, 0) is 31.5 Å². The van der Waals surface area contributed by atoms with Crippen LogP contribution in [-0.4, -0.2) is 6.04 Å². The summed E-state index contributed by atoms with van der Waals surface area (Å²) in [6.07, 6.45) is 0.501. The Morgan fingerprint density at radius 3 is 2.31 bits per heavy atom. The first-order valence-electron chi connectivity index (χ1n) is 5.30. The van der Waals surface area contributed by atoms with E-state index in [1.807, 2.05) is 31.2 Å². The average molecular weight is 213 g/mol. The fourth-order valence-corrected chi connectivity index (χ4v) is 1.57. The van der Waals surface area contributed by atoms with Crippen LogP contribution in [0.2, 0.25) is 0 Å². The van der Waals surface area contributed by atoms with Crippen molar-refractivity contribution in [1.29, 1.82) is 10.5 Å². The standard InChI is InChI=1S/C13H15N3/c1-10(7-8-14)16-11(2)13-5-3-12(9-15)4-6-13/h3-6,10-11,16H,7H2,1-2H3. The highest BCUT2D eigenvalue weighted by Gasteiger charge is 2.08. The maximum Gasteiger partial charge on any atom is 0.0991 e. The molecule has 0 spiro atoms. The first-order valence-corrected chi connectivity index (χ1v) is 5.30. The third-order valence-electron chi connectivity index (χ3n) is 2.47. The fourth-order valence-electron chi connectivity index (χ4n) is 1.57. The number of nitriles is 2. The number of rotatable bonds is 4. The topological polar surface area (TPSA) is 59.6 Å². The minimum atomic E-state index is 0.177. The largest absolute Gasteiger partial charge is 0.307 e. The first-order chi connectivity index (χ1) is 7.67. The van der Waals surface area contributed by atoms with Crippen LogP contribution in [-0.2, 0) is 0 Å². The lowest BCUT2D eigenvalue weighted by atomic mass is 10.1. The van der Waals surface area contributed by atoms with E-state index in [1.54, 1.807) is 0 Å². The molecule has 0 heterocycles. The molecule has 0 aliphatic carbocycles. The SMILES string of the molecule is CC(CC#N)NC(C)c1ccc(C#N)cc1. The van der Waals surface area contributed by atoms with Crippen molar-refractivity contribution in [2.45, 2.75) is 32.4 Å². The van der Waals surface area contributed by atoms with Crippen molar-refractivity contribution in [3.05, 3.63) is 35.4 Å². The molecule has 2 atom stereocenters. The molecule has 0 aromatic heterocycles. The van der Waals surface area contributed by atoms with Gasteiger partial charge < -0.3 is 5.32 Å². The molecule has 2 unspecified atom stereocenters. The van der Waals surface area contributed by atoms with Crippen molar-refractivity contribution < 1.29 is 0 Å². The second-order valence-corrected chi connectivity index (χ2v) is 3.89. The Hall–Kier alpha value is -1.84. The van der Waals surface area contributed by atoms with Crippen LogP contribution in [0.3, 0.4) is 0 Å². The Morgan fingerprint density at radius 1 is 1.19 bits per heavy atom. The Labute approximate surface area is 96.3 Å². The predicted octanol–water partition coefficient (Wildman–Crippen LogP) is 2.51. The fraction of sp³-hybridized carbons (Fsp3) is 0.385. The maximum absolute atomic E-state index is 8.68. The van der Waals surface area contributed by atoms with Crippen LogP contribution in [0.5, 0.6) is 0 Å². The monoisotopic (exact) mass is 213 g/mol. The van der Waals surface area contributed by atoms with Gasteiger partial charge >= 0.3 is 0 Å². The number of hydrogen-bond acceptors (Lipinski definition) is 3. The minimum absolute atomic E-state index is 0.177. The van der Waals surface area contributed by atoms with Crippen LogP contribution in [0.15, 0.2) is 24.3 Å². The van der Waals surface area contributed by atoms with E-state index < -0.39 is 0 Å². The molecule has 82 valence electrons. The summed E-state index contributed by atoms with van der Waals surface area (Å²) < 4.78 is 0. The highest BCUT2D eigenvalue weighted by atomic mass is 14.9. The third-order valence-corrected chi connectivity index (χ3v) is 2.47. The van der Waals surface area contributed by atoms with Gasteiger partial charge in [-0.3, -0.25) is 0 Å². The molecule has 0 aliphatic heterocycles. The van der Waals surface area contributed by atoms with E-state index in [0.717, 1.165) is 5.56 Å². The molecule has 0 saturated heterocycles. The van der Waals surface area contributed by atoms with Crippen LogP contribution in [0.4, 0.5) is 0 Å². The van der Waals surface area contributed by atoms with Gasteiger partial charge in [0.2, 0.25) is 0 Å². The molecule has 0 amide bonds. The second kappa shape index (κ2) is 5.90. The van der Waals surface area contributed by atoms with Crippen molar-refractivity contribution in [2.24, 2.45) is 0 Å². The molecule has 3 heteroatoms. The molecule has 0 saturated carbocycles. The zero-order valence-electron chi connectivity index (χ0n) is 9.57. The Kier molecular flexibility index (Phi) is 4.51. The summed E-state index contributed by atoms with van der Waals surface area (Å²) in [5, 5.41) is 20.6. The first kappa shape index (κ1) is 12.2. The van der Waals surface area contributed by atoms with Crippen molar-refractivity contribution >= 4 is 0 Å². The summed E-state index contributed by atoms with van der Waals surface area (Å²) in [6.45, 7) is 4.04. The van der Waals surface area contributed by atoms with Crippen molar-refractivity contribution in [2.75, 3.05) is 0 Å². The molecule has 16 heavy (non-hydrogen) atoms. The lowest BCUT2D eigenvalue weighted by Gasteiger charge is -2.18. The summed E-state index contributed by atoms with van der Waals surface area (Å²) in [6, 6.07) is 12.1. The quantitative estimate of drug-likeness (QED) is 0.836. The molecule has 0 fully saturated rings. The lowest BCUT2D eigenvalue weighted by molar-refractivity contribution is 0.485. The van der Waals surface area contributed by atoms with Gasteiger partial charge in [0.25, 0.3) is 0 Å². The normalized spacial score (nSPS) is 13.5. The van der Waals surface area contributed by atoms with Crippen molar-refractivity contribution in [3.63, 3.8) is 0 Å². The number of hydrogen-bond donors (Lipinski definition) is 1. The predicted molar refractivity (Wildman–Crippen MR) is 62.4 cm³/mol. The van der Waals surface area contributed by atoms with Gasteiger partial charge in [-0.2, -0.15) is 10.5 Å². The number of benzene rings is 1. The van der Waals surface area contributed by atoms with Crippen LogP contribution < -0.4 is 5.32 Å². The van der Waals surface area contributed by atoms with E-state index >= 15 is 0 Å². The van der Waals surface area contributed by atoms with Crippen LogP contribution in [0, 0.1) is 22.7 Å². The van der Waals surface area contributed by atoms with Gasteiger partial charge in [0, 0.05) is 12.1 Å². The average Bonchev–Trinajstić information content (AvgIpc) is 2.29. The van der Waals surface area contributed by atoms with E-state index in [0.29, 0.717) is 12.0 Å². The Balaban J connectivity index is 2.63. The van der Waals surface area contributed by atoms with E-state index in [-0.39, 0.29) is 12.1 Å². The van der Waals surface area contributed by atoms with Crippen molar-refractivity contribution in [3.8, 4) is 12.1 Å². The van der Waals surface area contributed by atoms with Gasteiger partial charge in [0.05, 0.1) is 24.1 Å². The Bertz CT molecular complexity index is 408. The van der Waals surface area contributed by atoms with Gasteiger partial charge in [-0.1, -0.05) is 12.1 Å². The smallest absolute Gasteiger partial charge is 0.0991 e. The Morgan fingerprint density at radius 2 is 1.81 bits per heavy atom. The van der Waals surface area contributed by atoms with E-state index in [1.165, 1.54) is 0 Å². The zero-order chi connectivity index (χ0) is 12.0. The molecule has 1 aromatic carbocycles. The van der Waals surface area contributed by atoms with Crippen molar-refractivity contribution in [1.82, 2.24) is 5.32 Å². The summed E-state index contributed by atoms with van der Waals surface area (Å²) in [5.41, 5.74) is 1.80. The summed E-state index contributed by atoms with van der Waals surface area (Å²) in [7, 11) is 0. The molecule has 0 aliphatic rings. The van der Waals surface area contributed by atoms with Crippen LogP contribution >= 0.6 is 0 Å². The maximum atomic E-state index is 8.68. The second-order valence-electron chi connectivity index (χ2n) is 3.89. The van der Waals surface area contributed by atoms with Crippen LogP contribution in [0.1, 0.15) is 37.4 Å². The number of nitrogens with zero attached hydrogens (tertiary/aromatic N) is 2. The summed E-state index contributed by atoms with van der Waals surface area (Å²) in [5.74, 6) is 0. The van der Waals surface area contributed by atoms with Gasteiger partial charge in [-0.25, -0.2) is 0 Å². The van der Waals surface area contributed by atoms with Crippen LogP contribution in [0.25, 0.3) is 0 Å². The molecule has 0 radical (unpaired) electrons. The van der Waals surface area contributed by atoms with E-state index in [4.69, 9.17) is 10.5 Å². The summed E-state index contributed by atoms with van der Waals surface area (Å²) in [4.78, 5) is 0. The highest BCUT2D eigenvalue weighted by molar-refractivity contribution is 5.32. The molecule has 1 aromatic rings. The molecular formula is C13H15N3. The summed E-state index contributed by atoms with van der Waals surface area (Å²) >= 11 is 0. The third kappa shape index (κ3) is 3.38. The molecule has 1 rings (SSSR count). The molecular weight excluding hydrogens is 198 g/mol. The van der Waals surface area contributed by atoms with Gasteiger partial charge in [0.15, 0.2) is 0 Å². The zero-order valence-corrected chi connectivity index (χ0v) is 9.57. The van der Waals surface area contributed by atoms with E-state index in [9.17, 15) is 0 Å². The highest BCUT2D eigenvalue weighted by Crippen LogP contribution is 2.14. The lowest BCUT2D eigenvalue weighted by Crippen LogP contribution is -2.28.